The van der Waals surface area contributed by atoms with Crippen LogP contribution in [0.1, 0.15) is 19.4 Å². The zero-order valence-corrected chi connectivity index (χ0v) is 12.8. The third-order valence-electron chi connectivity index (χ3n) is 2.39. The molecule has 0 saturated heterocycles. The van der Waals surface area contributed by atoms with E-state index in [9.17, 15) is 13.2 Å². The van der Waals surface area contributed by atoms with E-state index in [0.29, 0.717) is 17.1 Å². The Kier molecular flexibility index (Phi) is 6.19. The van der Waals surface area contributed by atoms with E-state index in [1.54, 1.807) is 31.2 Å². The predicted octanol–water partition coefficient (Wildman–Crippen LogP) is 1.75. The second-order valence-corrected chi connectivity index (χ2v) is 6.17. The van der Waals surface area contributed by atoms with Crippen LogP contribution in [0.3, 0.4) is 0 Å². The number of likely N-dealkylation sites (N-methyl/N-ethyl adjacent to an activating group) is 1. The Morgan fingerprint density at radius 1 is 1.35 bits per heavy atom. The van der Waals surface area contributed by atoms with E-state index in [0.717, 1.165) is 5.41 Å². The van der Waals surface area contributed by atoms with Gasteiger partial charge in [-0.25, -0.2) is 8.42 Å². The van der Waals surface area contributed by atoms with Crippen molar-refractivity contribution in [2.24, 2.45) is 0 Å². The Bertz CT molecular complexity index is 582. The first-order chi connectivity index (χ1) is 9.34. The van der Waals surface area contributed by atoms with Crippen molar-refractivity contribution < 1.29 is 13.2 Å². The zero-order valence-electron chi connectivity index (χ0n) is 11.3. The zero-order chi connectivity index (χ0) is 15.2. The summed E-state index contributed by atoms with van der Waals surface area (Å²) in [6.07, 6.45) is 1.43. The van der Waals surface area contributed by atoms with E-state index in [1.165, 1.54) is 13.0 Å². The highest BCUT2D eigenvalue weighted by atomic mass is 35.5. The molecule has 110 valence electrons. The van der Waals surface area contributed by atoms with Crippen molar-refractivity contribution in [3.8, 4) is 0 Å². The van der Waals surface area contributed by atoms with E-state index in [-0.39, 0.29) is 5.91 Å². The quantitative estimate of drug-likeness (QED) is 0.839. The average molecular weight is 317 g/mol. The largest absolute Gasteiger partial charge is 0.355 e. The SMILES string of the molecule is CCNC(=O)[C@H](C)NS(=O)(=O)/C=C/c1ccc(Cl)cc1. The van der Waals surface area contributed by atoms with Crippen LogP contribution in [-0.2, 0) is 14.8 Å². The van der Waals surface area contributed by atoms with Crippen LogP contribution in [0, 0.1) is 0 Å². The lowest BCUT2D eigenvalue weighted by atomic mass is 10.2. The van der Waals surface area contributed by atoms with Crippen LogP contribution in [0.4, 0.5) is 0 Å². The second kappa shape index (κ2) is 7.42. The number of sulfonamides is 1. The van der Waals surface area contributed by atoms with Crippen LogP contribution >= 0.6 is 11.6 Å². The van der Waals surface area contributed by atoms with Crippen LogP contribution in [0.15, 0.2) is 29.7 Å². The molecule has 0 aliphatic heterocycles. The molecule has 1 aromatic rings. The van der Waals surface area contributed by atoms with Crippen LogP contribution in [0.5, 0.6) is 0 Å². The van der Waals surface area contributed by atoms with E-state index in [2.05, 4.69) is 10.0 Å². The molecular formula is C13H17ClN2O3S. The number of benzene rings is 1. The topological polar surface area (TPSA) is 75.3 Å². The number of amides is 1. The monoisotopic (exact) mass is 316 g/mol. The molecule has 0 heterocycles. The van der Waals surface area contributed by atoms with E-state index >= 15 is 0 Å². The van der Waals surface area contributed by atoms with Gasteiger partial charge in [0.25, 0.3) is 0 Å². The summed E-state index contributed by atoms with van der Waals surface area (Å²) >= 11 is 5.74. The molecule has 5 nitrogen and oxygen atoms in total. The minimum atomic E-state index is -3.68. The molecule has 0 aliphatic rings. The van der Waals surface area contributed by atoms with E-state index < -0.39 is 16.1 Å². The Labute approximate surface area is 124 Å². The van der Waals surface area contributed by atoms with Crippen molar-refractivity contribution in [3.63, 3.8) is 0 Å². The Morgan fingerprint density at radius 3 is 2.50 bits per heavy atom. The molecular weight excluding hydrogens is 300 g/mol. The standard InChI is InChI=1S/C13H17ClN2O3S/c1-3-15-13(17)10(2)16-20(18,19)9-8-11-4-6-12(14)7-5-11/h4-10,16H,3H2,1-2H3,(H,15,17)/b9-8+/t10-/m0/s1. The van der Waals surface area contributed by atoms with Crippen molar-refractivity contribution in [3.05, 3.63) is 40.3 Å². The molecule has 0 spiro atoms. The molecule has 0 radical (unpaired) electrons. The fraction of sp³-hybridized carbons (Fsp3) is 0.308. The number of halogens is 1. The molecule has 1 rings (SSSR count). The summed E-state index contributed by atoms with van der Waals surface area (Å²) in [6.45, 7) is 3.70. The van der Waals surface area contributed by atoms with Crippen LogP contribution in [0.2, 0.25) is 5.02 Å². The van der Waals surface area contributed by atoms with Gasteiger partial charge in [-0.2, -0.15) is 4.72 Å². The maximum absolute atomic E-state index is 11.8. The highest BCUT2D eigenvalue weighted by Crippen LogP contribution is 2.11. The van der Waals surface area contributed by atoms with Gasteiger partial charge in [0.15, 0.2) is 0 Å². The maximum atomic E-state index is 11.8. The summed E-state index contributed by atoms with van der Waals surface area (Å²) in [4.78, 5) is 11.5. The molecule has 0 fully saturated rings. The molecule has 1 atom stereocenters. The Morgan fingerprint density at radius 2 is 1.95 bits per heavy atom. The van der Waals surface area contributed by atoms with Crippen LogP contribution < -0.4 is 10.0 Å². The summed E-state index contributed by atoms with van der Waals surface area (Å²) < 4.78 is 25.8. The van der Waals surface area contributed by atoms with Gasteiger partial charge in [0, 0.05) is 17.0 Å². The molecule has 7 heteroatoms. The number of carbonyl (C=O) groups is 1. The fourth-order valence-electron chi connectivity index (χ4n) is 1.41. The Balaban J connectivity index is 2.70. The molecule has 0 aliphatic carbocycles. The van der Waals surface area contributed by atoms with Crippen molar-refractivity contribution in [1.29, 1.82) is 0 Å². The minimum absolute atomic E-state index is 0.365. The first-order valence-electron chi connectivity index (χ1n) is 6.08. The molecule has 2 N–H and O–H groups in total. The fourth-order valence-corrected chi connectivity index (χ4v) is 2.55. The number of nitrogens with one attached hydrogen (secondary N) is 2. The van der Waals surface area contributed by atoms with Gasteiger partial charge >= 0.3 is 0 Å². The highest BCUT2D eigenvalue weighted by Gasteiger charge is 2.17. The summed E-state index contributed by atoms with van der Waals surface area (Å²) in [7, 11) is -3.68. The van der Waals surface area contributed by atoms with Gasteiger partial charge < -0.3 is 5.32 Å². The van der Waals surface area contributed by atoms with Gasteiger partial charge in [-0.3, -0.25) is 4.79 Å². The van der Waals surface area contributed by atoms with Gasteiger partial charge in [0.05, 0.1) is 6.04 Å². The smallest absolute Gasteiger partial charge is 0.237 e. The molecule has 1 aromatic carbocycles. The van der Waals surface area contributed by atoms with Gasteiger partial charge in [-0.15, -0.1) is 0 Å². The van der Waals surface area contributed by atoms with Crippen molar-refractivity contribution in [2.75, 3.05) is 6.54 Å². The first kappa shape index (κ1) is 16.7. The summed E-state index contributed by atoms with van der Waals surface area (Å²) in [5.41, 5.74) is 0.699. The number of carbonyl (C=O) groups excluding carboxylic acids is 1. The molecule has 20 heavy (non-hydrogen) atoms. The van der Waals surface area contributed by atoms with Crippen molar-refractivity contribution in [2.45, 2.75) is 19.9 Å². The number of hydrogen-bond acceptors (Lipinski definition) is 3. The highest BCUT2D eigenvalue weighted by molar-refractivity contribution is 7.92. The third-order valence-corrected chi connectivity index (χ3v) is 3.82. The van der Waals surface area contributed by atoms with Crippen molar-refractivity contribution >= 4 is 33.6 Å². The van der Waals surface area contributed by atoms with Gasteiger partial charge in [-0.05, 0) is 37.6 Å². The van der Waals surface area contributed by atoms with Gasteiger partial charge in [0.2, 0.25) is 15.9 Å². The van der Waals surface area contributed by atoms with Crippen LogP contribution in [0.25, 0.3) is 6.08 Å². The molecule has 1 amide bonds. The summed E-state index contributed by atoms with van der Waals surface area (Å²) in [6, 6.07) is 5.90. The van der Waals surface area contributed by atoms with Gasteiger partial charge in [0.1, 0.15) is 0 Å². The molecule has 0 saturated carbocycles. The second-order valence-electron chi connectivity index (χ2n) is 4.13. The van der Waals surface area contributed by atoms with Crippen LogP contribution in [-0.4, -0.2) is 26.9 Å². The number of rotatable bonds is 6. The van der Waals surface area contributed by atoms with E-state index in [1.807, 2.05) is 0 Å². The lowest BCUT2D eigenvalue weighted by Crippen LogP contribution is -2.43. The van der Waals surface area contributed by atoms with Crippen molar-refractivity contribution in [1.82, 2.24) is 10.0 Å². The maximum Gasteiger partial charge on any atom is 0.237 e. The predicted molar refractivity (Wildman–Crippen MR) is 80.7 cm³/mol. The first-order valence-corrected chi connectivity index (χ1v) is 8.00. The lowest BCUT2D eigenvalue weighted by molar-refractivity contribution is -0.122. The van der Waals surface area contributed by atoms with E-state index in [4.69, 9.17) is 11.6 Å². The summed E-state index contributed by atoms with van der Waals surface area (Å²) in [5, 5.41) is 4.14. The molecule has 0 bridgehead atoms. The lowest BCUT2D eigenvalue weighted by Gasteiger charge is -2.11. The molecule has 0 unspecified atom stereocenters. The average Bonchev–Trinajstić information content (AvgIpc) is 2.38. The molecule has 0 aromatic heterocycles. The van der Waals surface area contributed by atoms with Gasteiger partial charge in [-0.1, -0.05) is 23.7 Å². The third kappa shape index (κ3) is 5.73. The number of hydrogen-bond donors (Lipinski definition) is 2. The normalized spacial score (nSPS) is 13.3. The minimum Gasteiger partial charge on any atom is -0.355 e. The summed E-state index contributed by atoms with van der Waals surface area (Å²) in [5.74, 6) is -0.365. The Hall–Kier alpha value is -1.37.